The van der Waals surface area contributed by atoms with Crippen LogP contribution in [0, 0.1) is 0 Å². The third kappa shape index (κ3) is 2.36. The van der Waals surface area contributed by atoms with Crippen LogP contribution < -0.4 is 5.73 Å². The van der Waals surface area contributed by atoms with Gasteiger partial charge in [-0.05, 0) is 6.07 Å². The van der Waals surface area contributed by atoms with Gasteiger partial charge in [0.05, 0.1) is 23.0 Å². The summed E-state index contributed by atoms with van der Waals surface area (Å²) in [6.07, 6.45) is -1.10. The molecule has 0 bridgehead atoms. The SMILES string of the molecule is NCc1cnc2ccccc2c1-n1cc(C(F)(F)F)cn1. The maximum Gasteiger partial charge on any atom is 0.419 e. The lowest BCUT2D eigenvalue weighted by molar-refractivity contribution is -0.137. The molecule has 2 N–H and O–H groups in total. The molecule has 4 nitrogen and oxygen atoms in total. The summed E-state index contributed by atoms with van der Waals surface area (Å²) in [5.41, 5.74) is 6.70. The number of nitrogens with zero attached hydrogens (tertiary/aromatic N) is 3. The summed E-state index contributed by atoms with van der Waals surface area (Å²) < 4.78 is 39.4. The van der Waals surface area contributed by atoms with Gasteiger partial charge in [0.25, 0.3) is 0 Å². The summed E-state index contributed by atoms with van der Waals surface area (Å²) in [5.74, 6) is 0. The van der Waals surface area contributed by atoms with Crippen molar-refractivity contribution in [2.45, 2.75) is 12.7 Å². The van der Waals surface area contributed by atoms with E-state index in [1.165, 1.54) is 4.68 Å². The van der Waals surface area contributed by atoms with Crippen molar-refractivity contribution >= 4 is 10.9 Å². The summed E-state index contributed by atoms with van der Waals surface area (Å²) >= 11 is 0. The van der Waals surface area contributed by atoms with Crippen LogP contribution in [0.25, 0.3) is 16.6 Å². The van der Waals surface area contributed by atoms with Crippen LogP contribution in [0.5, 0.6) is 0 Å². The molecule has 0 aliphatic heterocycles. The third-order valence-corrected chi connectivity index (χ3v) is 3.18. The number of pyridine rings is 1. The van der Waals surface area contributed by atoms with Gasteiger partial charge in [-0.15, -0.1) is 0 Å². The first-order valence-corrected chi connectivity index (χ1v) is 6.19. The largest absolute Gasteiger partial charge is 0.419 e. The van der Waals surface area contributed by atoms with Gasteiger partial charge in [-0.25, -0.2) is 4.68 Å². The van der Waals surface area contributed by atoms with E-state index >= 15 is 0 Å². The summed E-state index contributed by atoms with van der Waals surface area (Å²) in [6.45, 7) is 0.161. The van der Waals surface area contributed by atoms with E-state index in [0.29, 0.717) is 22.2 Å². The molecule has 0 atom stereocenters. The Morgan fingerprint density at radius 2 is 1.90 bits per heavy atom. The van der Waals surface area contributed by atoms with Crippen LogP contribution in [-0.2, 0) is 12.7 Å². The monoisotopic (exact) mass is 292 g/mol. The standard InChI is InChI=1S/C14H11F3N4/c15-14(16,17)10-7-20-21(8-10)13-9(5-18)6-19-12-4-2-1-3-11(12)13/h1-4,6-8H,5,18H2. The molecule has 0 unspecified atom stereocenters. The quantitative estimate of drug-likeness (QED) is 0.790. The highest BCUT2D eigenvalue weighted by Crippen LogP contribution is 2.31. The minimum Gasteiger partial charge on any atom is -0.326 e. The molecule has 21 heavy (non-hydrogen) atoms. The molecule has 7 heteroatoms. The molecule has 0 aliphatic carbocycles. The minimum atomic E-state index is -4.43. The summed E-state index contributed by atoms with van der Waals surface area (Å²) in [6, 6.07) is 7.17. The van der Waals surface area contributed by atoms with E-state index in [0.717, 1.165) is 12.4 Å². The van der Waals surface area contributed by atoms with Crippen LogP contribution in [0.2, 0.25) is 0 Å². The highest BCUT2D eigenvalue weighted by molar-refractivity contribution is 5.88. The number of hydrogen-bond donors (Lipinski definition) is 1. The van der Waals surface area contributed by atoms with Crippen LogP contribution in [0.3, 0.4) is 0 Å². The molecular formula is C14H11F3N4. The number of nitrogens with two attached hydrogens (primary N) is 1. The predicted octanol–water partition coefficient (Wildman–Crippen LogP) is 2.90. The van der Waals surface area contributed by atoms with Crippen molar-refractivity contribution in [3.63, 3.8) is 0 Å². The van der Waals surface area contributed by atoms with Crippen molar-refractivity contribution in [2.24, 2.45) is 5.73 Å². The Hall–Kier alpha value is -2.41. The molecule has 0 saturated carbocycles. The lowest BCUT2D eigenvalue weighted by Gasteiger charge is -2.11. The molecule has 0 amide bonds. The maximum atomic E-state index is 12.7. The van der Waals surface area contributed by atoms with E-state index in [9.17, 15) is 13.2 Å². The topological polar surface area (TPSA) is 56.7 Å². The molecule has 0 spiro atoms. The highest BCUT2D eigenvalue weighted by atomic mass is 19.4. The zero-order valence-electron chi connectivity index (χ0n) is 10.8. The van der Waals surface area contributed by atoms with Crippen LogP contribution >= 0.6 is 0 Å². The van der Waals surface area contributed by atoms with Crippen LogP contribution in [0.1, 0.15) is 11.1 Å². The molecule has 0 aliphatic rings. The fraction of sp³-hybridized carbons (Fsp3) is 0.143. The van der Waals surface area contributed by atoms with Gasteiger partial charge in [0.15, 0.2) is 0 Å². The zero-order valence-corrected chi connectivity index (χ0v) is 10.8. The predicted molar refractivity (Wildman–Crippen MR) is 71.8 cm³/mol. The Kier molecular flexibility index (Phi) is 3.13. The van der Waals surface area contributed by atoms with Crippen molar-refractivity contribution < 1.29 is 13.2 Å². The normalized spacial score (nSPS) is 12.0. The number of hydrogen-bond acceptors (Lipinski definition) is 3. The van der Waals surface area contributed by atoms with Gasteiger partial charge in [-0.2, -0.15) is 18.3 Å². The minimum absolute atomic E-state index is 0.161. The van der Waals surface area contributed by atoms with E-state index in [1.54, 1.807) is 24.4 Å². The maximum absolute atomic E-state index is 12.7. The van der Waals surface area contributed by atoms with Gasteiger partial charge < -0.3 is 5.73 Å². The number of aromatic nitrogens is 3. The van der Waals surface area contributed by atoms with E-state index in [1.807, 2.05) is 6.07 Å². The second-order valence-corrected chi connectivity index (χ2v) is 4.52. The number of halogens is 3. The van der Waals surface area contributed by atoms with Crippen molar-refractivity contribution in [3.05, 3.63) is 54.0 Å². The smallest absolute Gasteiger partial charge is 0.326 e. The van der Waals surface area contributed by atoms with Gasteiger partial charge in [0.1, 0.15) is 0 Å². The molecule has 3 rings (SSSR count). The molecule has 1 aromatic carbocycles. The van der Waals surface area contributed by atoms with Gasteiger partial charge in [0.2, 0.25) is 0 Å². The Bertz CT molecular complexity index is 792. The molecule has 2 aromatic heterocycles. The molecule has 108 valence electrons. The highest BCUT2D eigenvalue weighted by Gasteiger charge is 2.32. The summed E-state index contributed by atoms with van der Waals surface area (Å²) in [7, 11) is 0. The number of benzene rings is 1. The van der Waals surface area contributed by atoms with Gasteiger partial charge in [-0.1, -0.05) is 18.2 Å². The Morgan fingerprint density at radius 1 is 1.14 bits per heavy atom. The molecule has 3 aromatic rings. The fourth-order valence-corrected chi connectivity index (χ4v) is 2.18. The molecule has 0 saturated heterocycles. The number of alkyl halides is 3. The van der Waals surface area contributed by atoms with E-state index < -0.39 is 11.7 Å². The number of fused-ring (bicyclic) bond motifs is 1. The molecule has 0 fully saturated rings. The summed E-state index contributed by atoms with van der Waals surface area (Å²) in [4.78, 5) is 4.25. The first kappa shape index (κ1) is 13.6. The van der Waals surface area contributed by atoms with Crippen molar-refractivity contribution in [2.75, 3.05) is 0 Å². The molecular weight excluding hydrogens is 281 g/mol. The van der Waals surface area contributed by atoms with Crippen molar-refractivity contribution in [3.8, 4) is 5.69 Å². The van der Waals surface area contributed by atoms with Crippen molar-refractivity contribution in [1.82, 2.24) is 14.8 Å². The van der Waals surface area contributed by atoms with E-state index in [4.69, 9.17) is 5.73 Å². The second-order valence-electron chi connectivity index (χ2n) is 4.52. The van der Waals surface area contributed by atoms with Crippen LogP contribution in [0.15, 0.2) is 42.9 Å². The second kappa shape index (κ2) is 4.85. The Balaban J connectivity index is 2.25. The number of rotatable bonds is 2. The van der Waals surface area contributed by atoms with E-state index in [2.05, 4.69) is 10.1 Å². The zero-order chi connectivity index (χ0) is 15.0. The van der Waals surface area contributed by atoms with Crippen LogP contribution in [0.4, 0.5) is 13.2 Å². The van der Waals surface area contributed by atoms with E-state index in [-0.39, 0.29) is 6.54 Å². The Morgan fingerprint density at radius 3 is 2.57 bits per heavy atom. The molecule has 0 radical (unpaired) electrons. The first-order chi connectivity index (χ1) is 10.0. The fourth-order valence-electron chi connectivity index (χ4n) is 2.18. The van der Waals surface area contributed by atoms with Gasteiger partial charge >= 0.3 is 6.18 Å². The lowest BCUT2D eigenvalue weighted by Crippen LogP contribution is -2.07. The Labute approximate surface area is 118 Å². The van der Waals surface area contributed by atoms with Crippen LogP contribution in [-0.4, -0.2) is 14.8 Å². The summed E-state index contributed by atoms with van der Waals surface area (Å²) in [5, 5.41) is 4.53. The first-order valence-electron chi connectivity index (χ1n) is 6.19. The van der Waals surface area contributed by atoms with Gasteiger partial charge in [0, 0.05) is 29.9 Å². The number of para-hydroxylation sites is 1. The average molecular weight is 292 g/mol. The van der Waals surface area contributed by atoms with Crippen molar-refractivity contribution in [1.29, 1.82) is 0 Å². The lowest BCUT2D eigenvalue weighted by atomic mass is 10.1. The average Bonchev–Trinajstić information content (AvgIpc) is 2.95. The third-order valence-electron chi connectivity index (χ3n) is 3.18. The van der Waals surface area contributed by atoms with Gasteiger partial charge in [-0.3, -0.25) is 4.98 Å². The molecule has 2 heterocycles.